The molecule has 1 atom stereocenters. The summed E-state index contributed by atoms with van der Waals surface area (Å²) in [6.07, 6.45) is 2.27. The zero-order chi connectivity index (χ0) is 25.4. The Morgan fingerprint density at radius 1 is 0.972 bits per heavy atom. The van der Waals surface area contributed by atoms with Crippen molar-refractivity contribution in [2.24, 2.45) is 0 Å². The topological polar surface area (TPSA) is 70.1 Å². The van der Waals surface area contributed by atoms with Gasteiger partial charge in [-0.05, 0) is 73.0 Å². The first-order valence-electron chi connectivity index (χ1n) is 11.6. The van der Waals surface area contributed by atoms with Crippen molar-refractivity contribution in [3.05, 3.63) is 94.3 Å². The molecule has 1 unspecified atom stereocenters. The first-order chi connectivity index (χ1) is 17.4. The number of Topliss-reactive ketones (excluding diaryl/α,β-unsaturated/α-hetero) is 1. The second-order valence-electron chi connectivity index (χ2n) is 8.78. The van der Waals surface area contributed by atoms with Crippen LogP contribution in [-0.4, -0.2) is 37.0 Å². The van der Waals surface area contributed by atoms with Crippen LogP contribution < -0.4 is 14.5 Å². The van der Waals surface area contributed by atoms with Crippen molar-refractivity contribution >= 4 is 40.4 Å². The standard InChI is InChI=1S/C28H24ClFN2O4/c1-36-23-16-18(6-13-22(23)29)26(33)24-25(17-4-7-19(30)8-5-17)32(28(35)27(24)34)21-11-9-20(10-12-21)31-14-2-3-15-31/h4-13,16,25,33H,2-3,14-15H2,1H3/b26-24-. The van der Waals surface area contributed by atoms with E-state index in [-0.39, 0.29) is 16.9 Å². The minimum Gasteiger partial charge on any atom is -0.507 e. The Hall–Kier alpha value is -3.84. The van der Waals surface area contributed by atoms with Crippen LogP contribution in [0.1, 0.15) is 30.0 Å². The number of rotatable bonds is 5. The number of aliphatic hydroxyl groups excluding tert-OH is 1. The quantitative estimate of drug-likeness (QED) is 0.272. The molecule has 6 nitrogen and oxygen atoms in total. The summed E-state index contributed by atoms with van der Waals surface area (Å²) < 4.78 is 19.0. The minimum atomic E-state index is -0.954. The maximum atomic E-state index is 13.7. The number of halogens is 2. The van der Waals surface area contributed by atoms with E-state index in [4.69, 9.17) is 16.3 Å². The molecule has 5 rings (SSSR count). The van der Waals surface area contributed by atoms with Crippen molar-refractivity contribution in [3.63, 3.8) is 0 Å². The number of ketones is 1. The molecule has 1 amide bonds. The van der Waals surface area contributed by atoms with Crippen molar-refractivity contribution in [1.29, 1.82) is 0 Å². The Balaban J connectivity index is 1.63. The Labute approximate surface area is 213 Å². The highest BCUT2D eigenvalue weighted by Crippen LogP contribution is 2.43. The van der Waals surface area contributed by atoms with E-state index < -0.39 is 23.5 Å². The summed E-state index contributed by atoms with van der Waals surface area (Å²) >= 11 is 6.12. The third kappa shape index (κ3) is 4.20. The summed E-state index contributed by atoms with van der Waals surface area (Å²) in [6.45, 7) is 1.95. The van der Waals surface area contributed by atoms with Crippen LogP contribution in [0.2, 0.25) is 5.02 Å². The summed E-state index contributed by atoms with van der Waals surface area (Å²) in [4.78, 5) is 30.2. The fourth-order valence-corrected chi connectivity index (χ4v) is 5.02. The fraction of sp³-hybridized carbons (Fsp3) is 0.214. The Bertz CT molecular complexity index is 1350. The number of carbonyl (C=O) groups is 2. The maximum Gasteiger partial charge on any atom is 0.300 e. The van der Waals surface area contributed by atoms with E-state index in [0.717, 1.165) is 31.6 Å². The van der Waals surface area contributed by atoms with Crippen LogP contribution >= 0.6 is 11.6 Å². The van der Waals surface area contributed by atoms with E-state index in [0.29, 0.717) is 22.0 Å². The number of carbonyl (C=O) groups excluding carboxylic acids is 2. The fourth-order valence-electron chi connectivity index (χ4n) is 4.82. The van der Waals surface area contributed by atoms with Crippen molar-refractivity contribution in [2.45, 2.75) is 18.9 Å². The first kappa shape index (κ1) is 23.9. The van der Waals surface area contributed by atoms with Crippen LogP contribution in [0, 0.1) is 5.82 Å². The number of aliphatic hydroxyl groups is 1. The molecular weight excluding hydrogens is 483 g/mol. The molecule has 2 saturated heterocycles. The van der Waals surface area contributed by atoms with E-state index >= 15 is 0 Å². The summed E-state index contributed by atoms with van der Waals surface area (Å²) in [7, 11) is 1.44. The molecule has 0 radical (unpaired) electrons. The van der Waals surface area contributed by atoms with Gasteiger partial charge >= 0.3 is 0 Å². The molecule has 0 aromatic heterocycles. The maximum absolute atomic E-state index is 13.7. The normalized spacial score (nSPS) is 19.2. The molecule has 0 spiro atoms. The number of benzene rings is 3. The Kier molecular flexibility index (Phi) is 6.41. The molecule has 1 N–H and O–H groups in total. The molecule has 36 heavy (non-hydrogen) atoms. The molecule has 3 aromatic rings. The van der Waals surface area contributed by atoms with Crippen LogP contribution in [0.25, 0.3) is 5.76 Å². The average Bonchev–Trinajstić information content (AvgIpc) is 3.52. The lowest BCUT2D eigenvalue weighted by molar-refractivity contribution is -0.132. The number of hydrogen-bond acceptors (Lipinski definition) is 5. The van der Waals surface area contributed by atoms with Crippen LogP contribution in [0.3, 0.4) is 0 Å². The number of hydrogen-bond donors (Lipinski definition) is 1. The van der Waals surface area contributed by atoms with Gasteiger partial charge < -0.3 is 14.7 Å². The number of amides is 1. The van der Waals surface area contributed by atoms with Gasteiger partial charge in [-0.25, -0.2) is 4.39 Å². The van der Waals surface area contributed by atoms with Crippen molar-refractivity contribution in [1.82, 2.24) is 0 Å². The van der Waals surface area contributed by atoms with Gasteiger partial charge in [-0.2, -0.15) is 0 Å². The number of ether oxygens (including phenoxy) is 1. The number of anilines is 2. The highest BCUT2D eigenvalue weighted by atomic mass is 35.5. The van der Waals surface area contributed by atoms with Crippen LogP contribution in [-0.2, 0) is 9.59 Å². The van der Waals surface area contributed by atoms with E-state index in [1.165, 1.54) is 48.4 Å². The Morgan fingerprint density at radius 3 is 2.25 bits per heavy atom. The molecule has 0 aliphatic carbocycles. The molecule has 184 valence electrons. The lowest BCUT2D eigenvalue weighted by Gasteiger charge is -2.26. The van der Waals surface area contributed by atoms with Gasteiger partial charge in [0.1, 0.15) is 17.3 Å². The largest absolute Gasteiger partial charge is 0.507 e. The number of methoxy groups -OCH3 is 1. The van der Waals surface area contributed by atoms with Gasteiger partial charge in [0.15, 0.2) is 0 Å². The number of nitrogens with zero attached hydrogens (tertiary/aromatic N) is 2. The summed E-state index contributed by atoms with van der Waals surface area (Å²) in [5.41, 5.74) is 2.20. The zero-order valence-electron chi connectivity index (χ0n) is 19.6. The second kappa shape index (κ2) is 9.66. The summed E-state index contributed by atoms with van der Waals surface area (Å²) in [5.74, 6) is -2.12. The predicted octanol–water partition coefficient (Wildman–Crippen LogP) is 5.71. The van der Waals surface area contributed by atoms with Crippen molar-refractivity contribution in [2.75, 3.05) is 30.0 Å². The van der Waals surface area contributed by atoms with Crippen molar-refractivity contribution < 1.29 is 23.8 Å². The monoisotopic (exact) mass is 506 g/mol. The van der Waals surface area contributed by atoms with Crippen LogP contribution in [0.4, 0.5) is 15.8 Å². The summed E-state index contributed by atoms with van der Waals surface area (Å²) in [5, 5.41) is 11.6. The molecule has 8 heteroatoms. The highest BCUT2D eigenvalue weighted by molar-refractivity contribution is 6.51. The second-order valence-corrected chi connectivity index (χ2v) is 9.19. The third-order valence-corrected chi connectivity index (χ3v) is 6.97. The van der Waals surface area contributed by atoms with Gasteiger partial charge in [0.25, 0.3) is 11.7 Å². The smallest absolute Gasteiger partial charge is 0.300 e. The molecule has 2 fully saturated rings. The SMILES string of the molecule is COc1cc(/C(O)=C2/C(=O)C(=O)N(c3ccc(N4CCCC4)cc3)C2c2ccc(F)cc2)ccc1Cl. The molecule has 2 aliphatic heterocycles. The van der Waals surface area contributed by atoms with Gasteiger partial charge in [0.05, 0.1) is 23.7 Å². The lowest BCUT2D eigenvalue weighted by atomic mass is 9.95. The van der Waals surface area contributed by atoms with Gasteiger partial charge in [0, 0.05) is 30.0 Å². The van der Waals surface area contributed by atoms with Gasteiger partial charge in [-0.1, -0.05) is 23.7 Å². The van der Waals surface area contributed by atoms with Gasteiger partial charge in [-0.15, -0.1) is 0 Å². The molecular formula is C28H24ClFN2O4. The highest BCUT2D eigenvalue weighted by Gasteiger charge is 2.47. The van der Waals surface area contributed by atoms with E-state index in [1.807, 2.05) is 12.1 Å². The van der Waals surface area contributed by atoms with E-state index in [2.05, 4.69) is 4.90 Å². The van der Waals surface area contributed by atoms with Crippen LogP contribution in [0.15, 0.2) is 72.3 Å². The van der Waals surface area contributed by atoms with E-state index in [9.17, 15) is 19.1 Å². The zero-order valence-corrected chi connectivity index (χ0v) is 20.3. The minimum absolute atomic E-state index is 0.0976. The van der Waals surface area contributed by atoms with Crippen LogP contribution in [0.5, 0.6) is 5.75 Å². The van der Waals surface area contributed by atoms with Gasteiger partial charge in [0.2, 0.25) is 0 Å². The third-order valence-electron chi connectivity index (χ3n) is 6.65. The predicted molar refractivity (Wildman–Crippen MR) is 137 cm³/mol. The van der Waals surface area contributed by atoms with Gasteiger partial charge in [-0.3, -0.25) is 14.5 Å². The molecule has 3 aromatic carbocycles. The molecule has 0 saturated carbocycles. The summed E-state index contributed by atoms with van der Waals surface area (Å²) in [6, 6.07) is 16.6. The average molecular weight is 507 g/mol. The lowest BCUT2D eigenvalue weighted by Crippen LogP contribution is -2.29. The van der Waals surface area contributed by atoms with E-state index in [1.54, 1.807) is 18.2 Å². The van der Waals surface area contributed by atoms with Crippen molar-refractivity contribution in [3.8, 4) is 5.75 Å². The first-order valence-corrected chi connectivity index (χ1v) is 12.0. The Morgan fingerprint density at radius 2 is 1.61 bits per heavy atom. The molecule has 0 bridgehead atoms. The molecule has 2 heterocycles. The molecule has 2 aliphatic rings.